The highest BCUT2D eigenvalue weighted by Gasteiger charge is 2.29. The highest BCUT2D eigenvalue weighted by molar-refractivity contribution is 5.86. The average Bonchev–Trinajstić information content (AvgIpc) is 3.05. The number of aliphatic carboxylic acids is 1. The second kappa shape index (κ2) is 9.43. The van der Waals surface area contributed by atoms with Gasteiger partial charge in [-0.2, -0.15) is 0 Å². The number of carboxylic acids is 1. The zero-order chi connectivity index (χ0) is 21.7. The van der Waals surface area contributed by atoms with Crippen LogP contribution in [0.25, 0.3) is 11.1 Å². The van der Waals surface area contributed by atoms with Crippen LogP contribution in [0.1, 0.15) is 43.7 Å². The van der Waals surface area contributed by atoms with E-state index in [2.05, 4.69) is 22.8 Å². The van der Waals surface area contributed by atoms with Gasteiger partial charge in [0.2, 0.25) is 5.91 Å². The Morgan fingerprint density at radius 2 is 1.57 bits per heavy atom. The van der Waals surface area contributed by atoms with Crippen molar-refractivity contribution in [3.05, 3.63) is 59.7 Å². The first-order chi connectivity index (χ1) is 14.4. The first-order valence-electron chi connectivity index (χ1n) is 10.0. The maximum Gasteiger partial charge on any atom is 0.407 e. The molecule has 0 unspecified atom stereocenters. The lowest BCUT2D eigenvalue weighted by molar-refractivity contribution is -0.137. The van der Waals surface area contributed by atoms with E-state index in [9.17, 15) is 14.4 Å². The number of hydrogen-bond acceptors (Lipinski definition) is 4. The molecule has 2 aromatic carbocycles. The number of rotatable bonds is 8. The lowest BCUT2D eigenvalue weighted by atomic mass is 9.98. The predicted molar refractivity (Wildman–Crippen MR) is 112 cm³/mol. The maximum absolute atomic E-state index is 12.3. The molecule has 2 aromatic rings. The molecule has 0 bridgehead atoms. The van der Waals surface area contributed by atoms with Gasteiger partial charge in [-0.05, 0) is 35.6 Å². The van der Waals surface area contributed by atoms with E-state index in [1.165, 1.54) is 6.92 Å². The quantitative estimate of drug-likeness (QED) is 0.619. The van der Waals surface area contributed by atoms with E-state index in [0.29, 0.717) is 6.42 Å². The minimum atomic E-state index is -0.987. The molecule has 0 aromatic heterocycles. The topological polar surface area (TPSA) is 105 Å². The molecule has 2 amide bonds. The normalized spacial score (nSPS) is 14.2. The van der Waals surface area contributed by atoms with Crippen LogP contribution in [0.4, 0.5) is 4.79 Å². The monoisotopic (exact) mass is 410 g/mol. The molecule has 0 heterocycles. The summed E-state index contributed by atoms with van der Waals surface area (Å²) in [6.07, 6.45) is -0.374. The molecule has 0 aliphatic heterocycles. The van der Waals surface area contributed by atoms with Gasteiger partial charge in [-0.1, -0.05) is 55.5 Å². The SMILES string of the molecule is CC[C@H](CC(=O)O)NC(=O)[C@H](C)NC(=O)OCC1c2ccccc2-c2ccccc21. The summed E-state index contributed by atoms with van der Waals surface area (Å²) >= 11 is 0. The lowest BCUT2D eigenvalue weighted by Gasteiger charge is -2.20. The number of carboxylic acid groups (broad SMARTS) is 1. The summed E-state index contributed by atoms with van der Waals surface area (Å²) in [4.78, 5) is 35.4. The summed E-state index contributed by atoms with van der Waals surface area (Å²) in [7, 11) is 0. The van der Waals surface area contributed by atoms with E-state index in [4.69, 9.17) is 9.84 Å². The van der Waals surface area contributed by atoms with Crippen molar-refractivity contribution in [3.63, 3.8) is 0 Å². The fraction of sp³-hybridized carbons (Fsp3) is 0.348. The van der Waals surface area contributed by atoms with Crippen LogP contribution < -0.4 is 10.6 Å². The van der Waals surface area contributed by atoms with Gasteiger partial charge in [-0.3, -0.25) is 9.59 Å². The third kappa shape index (κ3) is 4.79. The van der Waals surface area contributed by atoms with E-state index in [-0.39, 0.29) is 18.9 Å². The number of fused-ring (bicyclic) bond motifs is 3. The van der Waals surface area contributed by atoms with Crippen LogP contribution in [-0.2, 0) is 14.3 Å². The molecule has 0 radical (unpaired) electrons. The van der Waals surface area contributed by atoms with Gasteiger partial charge in [0.15, 0.2) is 0 Å². The first-order valence-corrected chi connectivity index (χ1v) is 10.0. The third-order valence-corrected chi connectivity index (χ3v) is 5.33. The highest BCUT2D eigenvalue weighted by atomic mass is 16.5. The fourth-order valence-electron chi connectivity index (χ4n) is 3.72. The summed E-state index contributed by atoms with van der Waals surface area (Å²) < 4.78 is 5.43. The Morgan fingerprint density at radius 3 is 2.10 bits per heavy atom. The Bertz CT molecular complexity index is 897. The van der Waals surface area contributed by atoms with Crippen LogP contribution in [0.3, 0.4) is 0 Å². The minimum absolute atomic E-state index is 0.0627. The van der Waals surface area contributed by atoms with Crippen molar-refractivity contribution in [2.24, 2.45) is 0 Å². The van der Waals surface area contributed by atoms with Crippen molar-refractivity contribution in [2.75, 3.05) is 6.61 Å². The maximum atomic E-state index is 12.3. The molecule has 7 nitrogen and oxygen atoms in total. The number of alkyl carbamates (subject to hydrolysis) is 1. The highest BCUT2D eigenvalue weighted by Crippen LogP contribution is 2.44. The van der Waals surface area contributed by atoms with Crippen molar-refractivity contribution in [1.82, 2.24) is 10.6 Å². The zero-order valence-corrected chi connectivity index (χ0v) is 17.1. The molecule has 2 atom stereocenters. The largest absolute Gasteiger partial charge is 0.481 e. The van der Waals surface area contributed by atoms with Gasteiger partial charge >= 0.3 is 12.1 Å². The van der Waals surface area contributed by atoms with Crippen molar-refractivity contribution in [3.8, 4) is 11.1 Å². The van der Waals surface area contributed by atoms with Gasteiger partial charge in [0.25, 0.3) is 0 Å². The average molecular weight is 410 g/mol. The second-order valence-corrected chi connectivity index (χ2v) is 7.40. The molecule has 0 spiro atoms. The molecular formula is C23H26N2O5. The van der Waals surface area contributed by atoms with Crippen molar-refractivity contribution in [1.29, 1.82) is 0 Å². The van der Waals surface area contributed by atoms with E-state index in [1.807, 2.05) is 36.4 Å². The number of hydrogen-bond donors (Lipinski definition) is 3. The Balaban J connectivity index is 1.57. The number of ether oxygens (including phenoxy) is 1. The number of benzene rings is 2. The second-order valence-electron chi connectivity index (χ2n) is 7.40. The molecule has 0 fully saturated rings. The number of amides is 2. The van der Waals surface area contributed by atoms with Gasteiger partial charge in [-0.15, -0.1) is 0 Å². The van der Waals surface area contributed by atoms with Crippen molar-refractivity contribution < 1.29 is 24.2 Å². The van der Waals surface area contributed by atoms with Crippen LogP contribution in [0, 0.1) is 0 Å². The summed E-state index contributed by atoms with van der Waals surface area (Å²) in [5.74, 6) is -1.50. The van der Waals surface area contributed by atoms with Crippen LogP contribution in [0.5, 0.6) is 0 Å². The zero-order valence-electron chi connectivity index (χ0n) is 17.1. The van der Waals surface area contributed by atoms with Crippen LogP contribution >= 0.6 is 0 Å². The van der Waals surface area contributed by atoms with E-state index in [0.717, 1.165) is 22.3 Å². The fourth-order valence-corrected chi connectivity index (χ4v) is 3.72. The van der Waals surface area contributed by atoms with Crippen LogP contribution in [0.2, 0.25) is 0 Å². The van der Waals surface area contributed by atoms with Crippen LogP contribution in [0.15, 0.2) is 48.5 Å². The van der Waals surface area contributed by atoms with E-state index < -0.39 is 30.1 Å². The number of carbonyl (C=O) groups excluding carboxylic acids is 2. The Kier molecular flexibility index (Phi) is 6.72. The lowest BCUT2D eigenvalue weighted by Crippen LogP contribution is -2.48. The molecule has 158 valence electrons. The summed E-state index contributed by atoms with van der Waals surface area (Å²) in [5, 5.41) is 14.0. The molecule has 3 N–H and O–H groups in total. The predicted octanol–water partition coefficient (Wildman–Crippen LogP) is 3.28. The van der Waals surface area contributed by atoms with Crippen molar-refractivity contribution >= 4 is 18.0 Å². The smallest absolute Gasteiger partial charge is 0.407 e. The molecule has 0 saturated heterocycles. The molecule has 30 heavy (non-hydrogen) atoms. The molecule has 1 aliphatic rings. The van der Waals surface area contributed by atoms with Crippen molar-refractivity contribution in [2.45, 2.75) is 44.7 Å². The standard InChI is InChI=1S/C23H26N2O5/c1-3-15(12-21(26)27)25-22(28)14(2)24-23(29)30-13-20-18-10-6-4-8-16(18)17-9-5-7-11-19(17)20/h4-11,14-15,20H,3,12-13H2,1-2H3,(H,24,29)(H,25,28)(H,26,27)/t14-,15+/m0/s1. The number of carbonyl (C=O) groups is 3. The Labute approximate surface area is 175 Å². The van der Waals surface area contributed by atoms with Gasteiger partial charge in [0.05, 0.1) is 6.42 Å². The van der Waals surface area contributed by atoms with Gasteiger partial charge in [-0.25, -0.2) is 4.79 Å². The Hall–Kier alpha value is -3.35. The summed E-state index contributed by atoms with van der Waals surface area (Å²) in [5.41, 5.74) is 4.49. The summed E-state index contributed by atoms with van der Waals surface area (Å²) in [6.45, 7) is 3.48. The van der Waals surface area contributed by atoms with Gasteiger partial charge in [0, 0.05) is 12.0 Å². The van der Waals surface area contributed by atoms with E-state index >= 15 is 0 Å². The van der Waals surface area contributed by atoms with Crippen LogP contribution in [-0.4, -0.2) is 41.8 Å². The Morgan fingerprint density at radius 1 is 1.00 bits per heavy atom. The third-order valence-electron chi connectivity index (χ3n) is 5.33. The molecule has 0 saturated carbocycles. The molecule has 1 aliphatic carbocycles. The molecule has 7 heteroatoms. The van der Waals surface area contributed by atoms with E-state index in [1.54, 1.807) is 6.92 Å². The number of nitrogens with one attached hydrogen (secondary N) is 2. The summed E-state index contributed by atoms with van der Waals surface area (Å²) in [6, 6.07) is 14.8. The minimum Gasteiger partial charge on any atom is -0.481 e. The van der Waals surface area contributed by atoms with Gasteiger partial charge < -0.3 is 20.5 Å². The van der Waals surface area contributed by atoms with Gasteiger partial charge in [0.1, 0.15) is 12.6 Å². The molecular weight excluding hydrogens is 384 g/mol. The first kappa shape index (κ1) is 21.4. The molecule has 3 rings (SSSR count).